The first-order valence-electron chi connectivity index (χ1n) is 7.44. The second-order valence-electron chi connectivity index (χ2n) is 5.42. The molecule has 6 nitrogen and oxygen atoms in total. The minimum absolute atomic E-state index is 0.0869. The summed E-state index contributed by atoms with van der Waals surface area (Å²) < 4.78 is 7.05. The number of carbonyl (C=O) groups excluding carboxylic acids is 1. The molecule has 0 spiro atoms. The van der Waals surface area contributed by atoms with E-state index >= 15 is 0 Å². The van der Waals surface area contributed by atoms with Gasteiger partial charge in [-0.05, 0) is 37.3 Å². The Morgan fingerprint density at radius 2 is 2.23 bits per heavy atom. The fourth-order valence-corrected chi connectivity index (χ4v) is 2.59. The van der Waals surface area contributed by atoms with Crippen LogP contribution in [-0.2, 0) is 16.1 Å². The molecule has 2 heterocycles. The summed E-state index contributed by atoms with van der Waals surface area (Å²) in [5, 5.41) is 6.90. The van der Waals surface area contributed by atoms with Crippen LogP contribution in [0.15, 0.2) is 42.7 Å². The fraction of sp³-hybridized carbons (Fsp3) is 0.375. The van der Waals surface area contributed by atoms with Crippen LogP contribution in [0.1, 0.15) is 6.92 Å². The summed E-state index contributed by atoms with van der Waals surface area (Å²) in [6.45, 7) is 4.77. The molecule has 2 aromatic rings. The molecular formula is C16H20N4O2. The van der Waals surface area contributed by atoms with E-state index in [1.165, 1.54) is 0 Å². The van der Waals surface area contributed by atoms with Crippen LogP contribution >= 0.6 is 0 Å². The molecule has 6 heteroatoms. The highest BCUT2D eigenvalue weighted by molar-refractivity contribution is 5.90. The van der Waals surface area contributed by atoms with Crippen LogP contribution in [0.25, 0.3) is 0 Å². The zero-order valence-electron chi connectivity index (χ0n) is 12.6. The molecule has 3 rings (SSSR count). The van der Waals surface area contributed by atoms with Crippen molar-refractivity contribution in [1.82, 2.24) is 9.78 Å². The lowest BCUT2D eigenvalue weighted by molar-refractivity contribution is -0.116. The number of carbonyl (C=O) groups is 1. The van der Waals surface area contributed by atoms with Gasteiger partial charge in [-0.15, -0.1) is 0 Å². The van der Waals surface area contributed by atoms with Crippen molar-refractivity contribution < 1.29 is 9.53 Å². The van der Waals surface area contributed by atoms with Crippen molar-refractivity contribution in [2.24, 2.45) is 0 Å². The van der Waals surface area contributed by atoms with Gasteiger partial charge in [-0.3, -0.25) is 9.48 Å². The first kappa shape index (κ1) is 14.6. The van der Waals surface area contributed by atoms with E-state index in [1.807, 2.05) is 24.3 Å². The van der Waals surface area contributed by atoms with Crippen molar-refractivity contribution in [3.8, 4) is 0 Å². The highest BCUT2D eigenvalue weighted by atomic mass is 16.5. The maximum Gasteiger partial charge on any atom is 0.246 e. The molecule has 0 aliphatic carbocycles. The summed E-state index contributed by atoms with van der Waals surface area (Å²) in [4.78, 5) is 14.2. The number of benzene rings is 1. The molecule has 1 aromatic heterocycles. The van der Waals surface area contributed by atoms with Gasteiger partial charge in [0.25, 0.3) is 0 Å². The van der Waals surface area contributed by atoms with Gasteiger partial charge in [0.2, 0.25) is 5.91 Å². The number of amides is 1. The lowest BCUT2D eigenvalue weighted by atomic mass is 10.2. The van der Waals surface area contributed by atoms with Crippen LogP contribution in [0.5, 0.6) is 0 Å². The Hall–Kier alpha value is -2.34. The van der Waals surface area contributed by atoms with Gasteiger partial charge in [0.15, 0.2) is 0 Å². The maximum absolute atomic E-state index is 11.9. The van der Waals surface area contributed by atoms with Crippen LogP contribution in [-0.4, -0.2) is 41.5 Å². The molecule has 1 atom stereocenters. The van der Waals surface area contributed by atoms with Crippen molar-refractivity contribution in [3.05, 3.63) is 42.7 Å². The summed E-state index contributed by atoms with van der Waals surface area (Å²) >= 11 is 0. The Balaban J connectivity index is 1.60. The third-order valence-electron chi connectivity index (χ3n) is 3.72. The van der Waals surface area contributed by atoms with Gasteiger partial charge in [0.1, 0.15) is 6.54 Å². The highest BCUT2D eigenvalue weighted by Gasteiger charge is 2.18. The molecule has 1 aliphatic rings. The van der Waals surface area contributed by atoms with E-state index in [4.69, 9.17) is 4.74 Å². The van der Waals surface area contributed by atoms with Crippen molar-refractivity contribution in [2.75, 3.05) is 30.0 Å². The van der Waals surface area contributed by atoms with Crippen LogP contribution in [0.3, 0.4) is 0 Å². The molecule has 116 valence electrons. The van der Waals surface area contributed by atoms with E-state index in [0.717, 1.165) is 31.1 Å². The van der Waals surface area contributed by atoms with Crippen LogP contribution in [0.2, 0.25) is 0 Å². The highest BCUT2D eigenvalue weighted by Crippen LogP contribution is 2.21. The third-order valence-corrected chi connectivity index (χ3v) is 3.72. The molecule has 0 bridgehead atoms. The fourth-order valence-electron chi connectivity index (χ4n) is 2.59. The van der Waals surface area contributed by atoms with Crippen molar-refractivity contribution in [3.63, 3.8) is 0 Å². The molecular weight excluding hydrogens is 280 g/mol. The number of rotatable bonds is 4. The second-order valence-corrected chi connectivity index (χ2v) is 5.42. The van der Waals surface area contributed by atoms with E-state index in [9.17, 15) is 4.79 Å². The number of hydrogen-bond acceptors (Lipinski definition) is 4. The van der Waals surface area contributed by atoms with Gasteiger partial charge in [-0.2, -0.15) is 5.10 Å². The Labute approximate surface area is 129 Å². The normalized spacial score (nSPS) is 18.2. The van der Waals surface area contributed by atoms with Gasteiger partial charge in [-0.1, -0.05) is 0 Å². The van der Waals surface area contributed by atoms with Crippen LogP contribution in [0.4, 0.5) is 11.4 Å². The monoisotopic (exact) mass is 300 g/mol. The quantitative estimate of drug-likeness (QED) is 0.934. The molecule has 1 aromatic carbocycles. The van der Waals surface area contributed by atoms with Crippen molar-refractivity contribution in [2.45, 2.75) is 19.5 Å². The summed E-state index contributed by atoms with van der Waals surface area (Å²) in [5.41, 5.74) is 1.95. The molecule has 0 unspecified atom stereocenters. The number of aromatic nitrogens is 2. The Morgan fingerprint density at radius 1 is 1.41 bits per heavy atom. The van der Waals surface area contributed by atoms with E-state index in [-0.39, 0.29) is 12.5 Å². The van der Waals surface area contributed by atoms with E-state index in [0.29, 0.717) is 6.04 Å². The number of ether oxygens (including phenoxy) is 1. The van der Waals surface area contributed by atoms with Gasteiger partial charge in [-0.25, -0.2) is 0 Å². The molecule has 0 saturated carbocycles. The van der Waals surface area contributed by atoms with Gasteiger partial charge < -0.3 is 15.0 Å². The SMILES string of the molecule is C[C@@H]1COCCN1c1ccc(NC(=O)Cn2cccn2)cc1. The smallest absolute Gasteiger partial charge is 0.246 e. The molecule has 1 N–H and O–H groups in total. The Morgan fingerprint density at radius 3 is 2.91 bits per heavy atom. The predicted molar refractivity (Wildman–Crippen MR) is 84.9 cm³/mol. The van der Waals surface area contributed by atoms with Crippen LogP contribution in [0, 0.1) is 0 Å². The number of nitrogens with zero attached hydrogens (tertiary/aromatic N) is 3. The minimum atomic E-state index is -0.0869. The summed E-state index contributed by atoms with van der Waals surface area (Å²) in [6.07, 6.45) is 3.42. The van der Waals surface area contributed by atoms with Gasteiger partial charge in [0.05, 0.1) is 13.2 Å². The molecule has 1 amide bonds. The second kappa shape index (κ2) is 6.62. The standard InChI is InChI=1S/C16H20N4O2/c1-13-12-22-10-9-20(13)15-5-3-14(4-6-15)18-16(21)11-19-8-2-7-17-19/h2-8,13H,9-12H2,1H3,(H,18,21)/t13-/m1/s1. The zero-order chi connectivity index (χ0) is 15.4. The summed E-state index contributed by atoms with van der Waals surface area (Å²) in [5.74, 6) is -0.0869. The molecule has 22 heavy (non-hydrogen) atoms. The largest absolute Gasteiger partial charge is 0.377 e. The minimum Gasteiger partial charge on any atom is -0.377 e. The van der Waals surface area contributed by atoms with Gasteiger partial charge >= 0.3 is 0 Å². The molecule has 1 fully saturated rings. The number of nitrogens with one attached hydrogen (secondary N) is 1. The van der Waals surface area contributed by atoms with Gasteiger partial charge in [0, 0.05) is 36.4 Å². The van der Waals surface area contributed by atoms with E-state index in [2.05, 4.69) is 22.2 Å². The number of hydrogen-bond donors (Lipinski definition) is 1. The molecule has 1 aliphatic heterocycles. The summed E-state index contributed by atoms with van der Waals surface area (Å²) in [7, 11) is 0. The average molecular weight is 300 g/mol. The van der Waals surface area contributed by atoms with Crippen molar-refractivity contribution in [1.29, 1.82) is 0 Å². The molecule has 0 radical (unpaired) electrons. The van der Waals surface area contributed by atoms with Crippen LogP contribution < -0.4 is 10.2 Å². The van der Waals surface area contributed by atoms with E-state index in [1.54, 1.807) is 23.1 Å². The maximum atomic E-state index is 11.9. The topological polar surface area (TPSA) is 59.4 Å². The first-order chi connectivity index (χ1) is 10.7. The predicted octanol–water partition coefficient (Wildman–Crippen LogP) is 1.75. The number of morpholine rings is 1. The first-order valence-corrected chi connectivity index (χ1v) is 7.44. The number of anilines is 2. The molecule has 1 saturated heterocycles. The lowest BCUT2D eigenvalue weighted by Crippen LogP contribution is -2.43. The van der Waals surface area contributed by atoms with Crippen molar-refractivity contribution >= 4 is 17.3 Å². The average Bonchev–Trinajstić information content (AvgIpc) is 3.01. The zero-order valence-corrected chi connectivity index (χ0v) is 12.6. The summed E-state index contributed by atoms with van der Waals surface area (Å²) in [6, 6.07) is 10.1. The lowest BCUT2D eigenvalue weighted by Gasteiger charge is -2.35. The third kappa shape index (κ3) is 3.46. The Bertz CT molecular complexity index is 610. The van der Waals surface area contributed by atoms with E-state index < -0.39 is 0 Å². The Kier molecular flexibility index (Phi) is 4.39.